The van der Waals surface area contributed by atoms with Crippen molar-refractivity contribution in [3.63, 3.8) is 0 Å². The van der Waals surface area contributed by atoms with E-state index in [0.29, 0.717) is 18.9 Å². The molecule has 24 heavy (non-hydrogen) atoms. The van der Waals surface area contributed by atoms with Crippen molar-refractivity contribution < 1.29 is 9.53 Å². The minimum Gasteiger partial charge on any atom is -0.491 e. The Bertz CT molecular complexity index is 691. The van der Waals surface area contributed by atoms with Gasteiger partial charge >= 0.3 is 0 Å². The van der Waals surface area contributed by atoms with Gasteiger partial charge in [-0.25, -0.2) is 0 Å². The normalized spacial score (nSPS) is 10.5. The first-order valence-corrected chi connectivity index (χ1v) is 9.37. The highest BCUT2D eigenvalue weighted by Gasteiger charge is 2.04. The highest BCUT2D eigenvalue weighted by Crippen LogP contribution is 2.20. The summed E-state index contributed by atoms with van der Waals surface area (Å²) in [7, 11) is 0. The number of hydrogen-bond acceptors (Lipinski definition) is 3. The predicted molar refractivity (Wildman–Crippen MR) is 102 cm³/mol. The van der Waals surface area contributed by atoms with E-state index in [1.54, 1.807) is 11.8 Å². The van der Waals surface area contributed by atoms with Crippen LogP contribution in [0.2, 0.25) is 5.02 Å². The largest absolute Gasteiger partial charge is 0.491 e. The zero-order chi connectivity index (χ0) is 17.4. The van der Waals surface area contributed by atoms with E-state index in [4.69, 9.17) is 16.3 Å². The summed E-state index contributed by atoms with van der Waals surface area (Å²) >= 11 is 7.64. The second kappa shape index (κ2) is 9.60. The standard InChI is InChI=1S/C19H22ClNO2S/c1-14-7-8-15(2)18(11-14)23-10-9-21-19(22)13-24-12-16-5-3-4-6-17(16)20/h3-8,11H,9-10,12-13H2,1-2H3,(H,21,22). The molecule has 128 valence electrons. The van der Waals surface area contributed by atoms with Crippen molar-refractivity contribution in [1.82, 2.24) is 5.32 Å². The molecule has 0 radical (unpaired) electrons. The minimum absolute atomic E-state index is 0.0108. The minimum atomic E-state index is 0.0108. The first kappa shape index (κ1) is 18.7. The Hall–Kier alpha value is -1.65. The second-order valence-electron chi connectivity index (χ2n) is 5.55. The van der Waals surface area contributed by atoms with Gasteiger partial charge in [0, 0.05) is 10.8 Å². The van der Waals surface area contributed by atoms with Crippen molar-refractivity contribution >= 4 is 29.3 Å². The maximum atomic E-state index is 11.8. The third-order valence-corrected chi connectivity index (χ3v) is 4.82. The van der Waals surface area contributed by atoms with Crippen molar-refractivity contribution in [1.29, 1.82) is 0 Å². The number of nitrogens with one attached hydrogen (secondary N) is 1. The number of benzene rings is 2. The van der Waals surface area contributed by atoms with E-state index in [-0.39, 0.29) is 5.91 Å². The summed E-state index contributed by atoms with van der Waals surface area (Å²) in [6.07, 6.45) is 0. The van der Waals surface area contributed by atoms with Gasteiger partial charge in [0.05, 0.1) is 12.3 Å². The van der Waals surface area contributed by atoms with Crippen molar-refractivity contribution in [2.24, 2.45) is 0 Å². The molecule has 0 fully saturated rings. The zero-order valence-electron chi connectivity index (χ0n) is 14.0. The number of hydrogen-bond donors (Lipinski definition) is 1. The Balaban J connectivity index is 1.63. The molecule has 5 heteroatoms. The van der Waals surface area contributed by atoms with Crippen LogP contribution in [0.5, 0.6) is 5.75 Å². The van der Waals surface area contributed by atoms with Gasteiger partial charge in [0.25, 0.3) is 0 Å². The van der Waals surface area contributed by atoms with Crippen molar-refractivity contribution in [2.75, 3.05) is 18.9 Å². The topological polar surface area (TPSA) is 38.3 Å². The molecular formula is C19H22ClNO2S. The van der Waals surface area contributed by atoms with Gasteiger partial charge in [0.1, 0.15) is 12.4 Å². The molecule has 1 amide bonds. The smallest absolute Gasteiger partial charge is 0.230 e. The number of rotatable bonds is 8. The van der Waals surface area contributed by atoms with Gasteiger partial charge < -0.3 is 10.1 Å². The number of thioether (sulfide) groups is 1. The third-order valence-electron chi connectivity index (χ3n) is 3.47. The van der Waals surface area contributed by atoms with Crippen LogP contribution < -0.4 is 10.1 Å². The lowest BCUT2D eigenvalue weighted by molar-refractivity contribution is -0.118. The van der Waals surface area contributed by atoms with E-state index >= 15 is 0 Å². The number of halogens is 1. The fourth-order valence-electron chi connectivity index (χ4n) is 2.13. The lowest BCUT2D eigenvalue weighted by Gasteiger charge is -2.10. The van der Waals surface area contributed by atoms with Crippen LogP contribution >= 0.6 is 23.4 Å². The average molecular weight is 364 g/mol. The summed E-state index contributed by atoms with van der Waals surface area (Å²) in [6.45, 7) is 5.01. The van der Waals surface area contributed by atoms with E-state index in [1.807, 2.05) is 50.2 Å². The summed E-state index contributed by atoms with van der Waals surface area (Å²) in [6, 6.07) is 13.8. The highest BCUT2D eigenvalue weighted by atomic mass is 35.5. The lowest BCUT2D eigenvalue weighted by atomic mass is 10.1. The number of aryl methyl sites for hydroxylation is 2. The Morgan fingerprint density at radius 3 is 2.79 bits per heavy atom. The van der Waals surface area contributed by atoms with Crippen molar-refractivity contribution in [3.8, 4) is 5.75 Å². The van der Waals surface area contributed by atoms with Gasteiger partial charge in [-0.2, -0.15) is 0 Å². The lowest BCUT2D eigenvalue weighted by Crippen LogP contribution is -2.29. The first-order chi connectivity index (χ1) is 11.6. The molecule has 0 aromatic heterocycles. The van der Waals surface area contributed by atoms with Crippen LogP contribution in [0.1, 0.15) is 16.7 Å². The second-order valence-corrected chi connectivity index (χ2v) is 6.94. The van der Waals surface area contributed by atoms with Gasteiger partial charge in [0.2, 0.25) is 5.91 Å². The molecule has 0 heterocycles. The molecule has 2 rings (SSSR count). The van der Waals surface area contributed by atoms with Crippen molar-refractivity contribution in [3.05, 3.63) is 64.2 Å². The molecule has 1 N–H and O–H groups in total. The Morgan fingerprint density at radius 2 is 2.00 bits per heavy atom. The zero-order valence-corrected chi connectivity index (χ0v) is 15.5. The summed E-state index contributed by atoms with van der Waals surface area (Å²) < 4.78 is 5.72. The highest BCUT2D eigenvalue weighted by molar-refractivity contribution is 7.99. The van der Waals surface area contributed by atoms with E-state index < -0.39 is 0 Å². The van der Waals surface area contributed by atoms with Crippen LogP contribution in [0.3, 0.4) is 0 Å². The van der Waals surface area contributed by atoms with Gasteiger partial charge in [-0.1, -0.05) is 41.9 Å². The van der Waals surface area contributed by atoms with E-state index in [9.17, 15) is 4.79 Å². The molecule has 0 spiro atoms. The van der Waals surface area contributed by atoms with Crippen LogP contribution in [-0.4, -0.2) is 24.8 Å². The monoisotopic (exact) mass is 363 g/mol. The molecule has 0 aliphatic rings. The molecule has 2 aromatic carbocycles. The van der Waals surface area contributed by atoms with Crippen molar-refractivity contribution in [2.45, 2.75) is 19.6 Å². The summed E-state index contributed by atoms with van der Waals surface area (Å²) in [5, 5.41) is 3.61. The van der Waals surface area contributed by atoms with E-state index in [2.05, 4.69) is 11.4 Å². The molecule has 3 nitrogen and oxygen atoms in total. The van der Waals surface area contributed by atoms with Crippen LogP contribution in [0, 0.1) is 13.8 Å². The van der Waals surface area contributed by atoms with E-state index in [0.717, 1.165) is 33.2 Å². The molecule has 0 unspecified atom stereocenters. The maximum absolute atomic E-state index is 11.8. The Labute approximate surface area is 152 Å². The van der Waals surface area contributed by atoms with Crippen LogP contribution in [0.25, 0.3) is 0 Å². The molecule has 0 bridgehead atoms. The van der Waals surface area contributed by atoms with Crippen LogP contribution in [-0.2, 0) is 10.5 Å². The van der Waals surface area contributed by atoms with Crippen LogP contribution in [0.4, 0.5) is 0 Å². The predicted octanol–water partition coefficient (Wildman–Crippen LogP) is 4.39. The molecular weight excluding hydrogens is 342 g/mol. The van der Waals surface area contributed by atoms with Gasteiger partial charge in [-0.05, 0) is 42.7 Å². The number of carbonyl (C=O) groups excluding carboxylic acids is 1. The summed E-state index contributed by atoms with van der Waals surface area (Å²) in [4.78, 5) is 11.8. The molecule has 0 aliphatic carbocycles. The quantitative estimate of drug-likeness (QED) is 0.707. The third kappa shape index (κ3) is 6.10. The van der Waals surface area contributed by atoms with Gasteiger partial charge in [0.15, 0.2) is 0 Å². The first-order valence-electron chi connectivity index (χ1n) is 7.84. The average Bonchev–Trinajstić information content (AvgIpc) is 2.56. The number of amides is 1. The SMILES string of the molecule is Cc1ccc(C)c(OCCNC(=O)CSCc2ccccc2Cl)c1. The van der Waals surface area contributed by atoms with E-state index in [1.165, 1.54) is 0 Å². The molecule has 0 saturated carbocycles. The Kier molecular flexibility index (Phi) is 7.47. The molecule has 2 aromatic rings. The fourth-order valence-corrected chi connectivity index (χ4v) is 3.28. The maximum Gasteiger partial charge on any atom is 0.230 e. The Morgan fingerprint density at radius 1 is 1.21 bits per heavy atom. The molecule has 0 atom stereocenters. The van der Waals surface area contributed by atoms with Gasteiger partial charge in [-0.3, -0.25) is 4.79 Å². The summed E-state index contributed by atoms with van der Waals surface area (Å²) in [5.41, 5.74) is 3.31. The number of ether oxygens (including phenoxy) is 1. The summed E-state index contributed by atoms with van der Waals surface area (Å²) in [5.74, 6) is 2.02. The number of carbonyl (C=O) groups is 1. The molecule has 0 saturated heterocycles. The fraction of sp³-hybridized carbons (Fsp3) is 0.316. The van der Waals surface area contributed by atoms with Gasteiger partial charge in [-0.15, -0.1) is 11.8 Å². The molecule has 0 aliphatic heterocycles. The van der Waals surface area contributed by atoms with Crippen LogP contribution in [0.15, 0.2) is 42.5 Å².